The Bertz CT molecular complexity index is 1230. The van der Waals surface area contributed by atoms with Crippen LogP contribution in [-0.2, 0) is 23.6 Å². The number of nitrogens with zero attached hydrogens (tertiary/aromatic N) is 2. The standard InChI is InChI=1S/C18H18FN5O3S2/c1-11-6-7-14(9-15(11)19)29(26,27)23-13-5-3-4-12(8-13)17(25)20-10-16-21-22-18(28)24(16)2/h3-9,23H,10H2,1-2H3,(H,20,25)(H,22,28). The van der Waals surface area contributed by atoms with Crippen LogP contribution in [0.3, 0.4) is 0 Å². The van der Waals surface area contributed by atoms with Crippen molar-refractivity contribution in [3.8, 4) is 0 Å². The van der Waals surface area contributed by atoms with Crippen molar-refractivity contribution in [3.63, 3.8) is 0 Å². The number of hydrogen-bond donors (Lipinski definition) is 3. The van der Waals surface area contributed by atoms with E-state index in [1.807, 2.05) is 0 Å². The van der Waals surface area contributed by atoms with Crippen LogP contribution in [0.2, 0.25) is 0 Å². The molecule has 0 fully saturated rings. The van der Waals surface area contributed by atoms with Crippen molar-refractivity contribution in [2.45, 2.75) is 18.4 Å². The maximum absolute atomic E-state index is 13.7. The molecular formula is C18H18FN5O3S2. The van der Waals surface area contributed by atoms with Gasteiger partial charge in [-0.1, -0.05) is 12.1 Å². The summed E-state index contributed by atoms with van der Waals surface area (Å²) in [6.07, 6.45) is 0. The number of sulfonamides is 1. The highest BCUT2D eigenvalue weighted by Crippen LogP contribution is 2.19. The summed E-state index contributed by atoms with van der Waals surface area (Å²) >= 11 is 5.01. The third-order valence-corrected chi connectivity index (χ3v) is 5.95. The molecule has 0 aliphatic carbocycles. The van der Waals surface area contributed by atoms with Crippen LogP contribution in [-0.4, -0.2) is 29.1 Å². The number of aromatic nitrogens is 3. The van der Waals surface area contributed by atoms with Gasteiger partial charge in [0.2, 0.25) is 0 Å². The summed E-state index contributed by atoms with van der Waals surface area (Å²) in [5.41, 5.74) is 0.768. The number of benzene rings is 2. The molecule has 152 valence electrons. The molecule has 0 aliphatic heterocycles. The molecule has 3 N–H and O–H groups in total. The third kappa shape index (κ3) is 4.69. The van der Waals surface area contributed by atoms with Crippen molar-refractivity contribution in [2.75, 3.05) is 4.72 Å². The van der Waals surface area contributed by atoms with Crippen LogP contribution in [0.5, 0.6) is 0 Å². The number of aryl methyl sites for hydroxylation is 1. The van der Waals surface area contributed by atoms with Crippen molar-refractivity contribution in [1.29, 1.82) is 0 Å². The molecule has 8 nitrogen and oxygen atoms in total. The Morgan fingerprint density at radius 2 is 2.03 bits per heavy atom. The average molecular weight is 436 g/mol. The van der Waals surface area contributed by atoms with E-state index in [2.05, 4.69) is 20.2 Å². The largest absolute Gasteiger partial charge is 0.345 e. The van der Waals surface area contributed by atoms with E-state index in [-0.39, 0.29) is 22.7 Å². The summed E-state index contributed by atoms with van der Waals surface area (Å²) in [5, 5.41) is 9.31. The Morgan fingerprint density at radius 1 is 1.28 bits per heavy atom. The molecule has 0 bridgehead atoms. The minimum Gasteiger partial charge on any atom is -0.345 e. The number of nitrogens with one attached hydrogen (secondary N) is 3. The first-order valence-corrected chi connectivity index (χ1v) is 10.3. The first kappa shape index (κ1) is 20.7. The molecule has 29 heavy (non-hydrogen) atoms. The molecule has 3 aromatic rings. The zero-order chi connectivity index (χ0) is 21.2. The fraction of sp³-hybridized carbons (Fsp3) is 0.167. The van der Waals surface area contributed by atoms with Crippen LogP contribution < -0.4 is 10.0 Å². The van der Waals surface area contributed by atoms with Crippen molar-refractivity contribution in [1.82, 2.24) is 20.1 Å². The van der Waals surface area contributed by atoms with Gasteiger partial charge in [0, 0.05) is 18.3 Å². The minimum atomic E-state index is -4.00. The lowest BCUT2D eigenvalue weighted by Crippen LogP contribution is -2.24. The summed E-state index contributed by atoms with van der Waals surface area (Å²) in [7, 11) is -2.29. The molecule has 1 aromatic heterocycles. The van der Waals surface area contributed by atoms with Crippen molar-refractivity contribution in [2.24, 2.45) is 7.05 Å². The van der Waals surface area contributed by atoms with Crippen molar-refractivity contribution in [3.05, 3.63) is 70.0 Å². The van der Waals surface area contributed by atoms with Gasteiger partial charge in [-0.2, -0.15) is 5.10 Å². The molecule has 1 heterocycles. The van der Waals surface area contributed by atoms with E-state index < -0.39 is 21.7 Å². The van der Waals surface area contributed by atoms with Crippen LogP contribution in [0.1, 0.15) is 21.7 Å². The summed E-state index contributed by atoms with van der Waals surface area (Å²) in [5.74, 6) is -0.488. The lowest BCUT2D eigenvalue weighted by molar-refractivity contribution is 0.0949. The highest BCUT2D eigenvalue weighted by molar-refractivity contribution is 7.92. The Hall–Kier alpha value is -3.05. The van der Waals surface area contributed by atoms with Crippen LogP contribution in [0.25, 0.3) is 0 Å². The lowest BCUT2D eigenvalue weighted by Gasteiger charge is -2.10. The van der Waals surface area contributed by atoms with Crippen LogP contribution in [0.15, 0.2) is 47.4 Å². The fourth-order valence-corrected chi connectivity index (χ4v) is 3.69. The fourth-order valence-electron chi connectivity index (χ4n) is 2.48. The maximum atomic E-state index is 13.7. The number of rotatable bonds is 6. The molecule has 0 atom stereocenters. The smallest absolute Gasteiger partial charge is 0.261 e. The Kier molecular flexibility index (Phi) is 5.80. The summed E-state index contributed by atoms with van der Waals surface area (Å²) in [4.78, 5) is 12.2. The second-order valence-corrected chi connectivity index (χ2v) is 8.35. The predicted octanol–water partition coefficient (Wildman–Crippen LogP) is 2.66. The number of carbonyl (C=O) groups is 1. The summed E-state index contributed by atoms with van der Waals surface area (Å²) in [6, 6.07) is 9.62. The van der Waals surface area contributed by atoms with E-state index in [1.54, 1.807) is 30.7 Å². The Morgan fingerprint density at radius 3 is 2.69 bits per heavy atom. The molecule has 3 rings (SSSR count). The van der Waals surface area contributed by atoms with Gasteiger partial charge in [-0.05, 0) is 55.0 Å². The zero-order valence-corrected chi connectivity index (χ0v) is 17.2. The maximum Gasteiger partial charge on any atom is 0.261 e. The number of aromatic amines is 1. The van der Waals surface area contributed by atoms with E-state index in [4.69, 9.17) is 12.2 Å². The van der Waals surface area contributed by atoms with Gasteiger partial charge < -0.3 is 9.88 Å². The van der Waals surface area contributed by atoms with Gasteiger partial charge in [0.05, 0.1) is 11.4 Å². The molecular weight excluding hydrogens is 417 g/mol. The van der Waals surface area contributed by atoms with Gasteiger partial charge in [-0.15, -0.1) is 0 Å². The summed E-state index contributed by atoms with van der Waals surface area (Å²) < 4.78 is 43.1. The molecule has 0 saturated carbocycles. The van der Waals surface area contributed by atoms with Gasteiger partial charge >= 0.3 is 0 Å². The zero-order valence-electron chi connectivity index (χ0n) is 15.6. The molecule has 0 unspecified atom stereocenters. The molecule has 0 spiro atoms. The van der Waals surface area contributed by atoms with E-state index in [0.717, 1.165) is 6.07 Å². The number of amides is 1. The van der Waals surface area contributed by atoms with Gasteiger partial charge in [0.25, 0.3) is 15.9 Å². The third-order valence-electron chi connectivity index (χ3n) is 4.21. The van der Waals surface area contributed by atoms with Gasteiger partial charge in [-0.25, -0.2) is 12.8 Å². The second kappa shape index (κ2) is 8.13. The Balaban J connectivity index is 1.74. The van der Waals surface area contributed by atoms with E-state index in [1.165, 1.54) is 24.3 Å². The van der Waals surface area contributed by atoms with Crippen LogP contribution >= 0.6 is 12.2 Å². The molecule has 11 heteroatoms. The van der Waals surface area contributed by atoms with Gasteiger partial charge in [-0.3, -0.25) is 14.6 Å². The number of H-pyrrole nitrogens is 1. The van der Waals surface area contributed by atoms with Crippen molar-refractivity contribution < 1.29 is 17.6 Å². The average Bonchev–Trinajstić information content (AvgIpc) is 3.00. The predicted molar refractivity (Wildman–Crippen MR) is 108 cm³/mol. The number of anilines is 1. The van der Waals surface area contributed by atoms with E-state index >= 15 is 0 Å². The number of halogens is 1. The first-order chi connectivity index (χ1) is 13.7. The van der Waals surface area contributed by atoms with Gasteiger partial charge in [0.1, 0.15) is 5.82 Å². The normalized spacial score (nSPS) is 11.3. The van der Waals surface area contributed by atoms with Crippen LogP contribution in [0, 0.1) is 17.5 Å². The highest BCUT2D eigenvalue weighted by atomic mass is 32.2. The van der Waals surface area contributed by atoms with Crippen LogP contribution in [0.4, 0.5) is 10.1 Å². The molecule has 2 aromatic carbocycles. The highest BCUT2D eigenvalue weighted by Gasteiger charge is 2.17. The first-order valence-electron chi connectivity index (χ1n) is 8.45. The molecule has 0 aliphatic rings. The topological polar surface area (TPSA) is 109 Å². The van der Waals surface area contributed by atoms with E-state index in [0.29, 0.717) is 16.2 Å². The Labute approximate surface area is 171 Å². The SMILES string of the molecule is Cc1ccc(S(=O)(=O)Nc2cccc(C(=O)NCc3n[nH]c(=S)n3C)c2)cc1F. The molecule has 0 radical (unpaired) electrons. The quantitative estimate of drug-likeness (QED) is 0.516. The van der Waals surface area contributed by atoms with E-state index in [9.17, 15) is 17.6 Å². The lowest BCUT2D eigenvalue weighted by atomic mass is 10.2. The summed E-state index contributed by atoms with van der Waals surface area (Å²) in [6.45, 7) is 1.68. The van der Waals surface area contributed by atoms with Gasteiger partial charge in [0.15, 0.2) is 10.6 Å². The van der Waals surface area contributed by atoms with Crippen molar-refractivity contribution >= 4 is 33.8 Å². The monoisotopic (exact) mass is 435 g/mol. The number of carbonyl (C=O) groups excluding carboxylic acids is 1. The molecule has 1 amide bonds. The second-order valence-electron chi connectivity index (χ2n) is 6.28. The minimum absolute atomic E-state index is 0.140. The number of hydrogen-bond acceptors (Lipinski definition) is 5. The molecule has 0 saturated heterocycles.